The minimum atomic E-state index is -0.894. The minimum Gasteiger partial charge on any atom is -0.384 e. The summed E-state index contributed by atoms with van der Waals surface area (Å²) in [7, 11) is 0. The van der Waals surface area contributed by atoms with Gasteiger partial charge in [-0.2, -0.15) is 0 Å². The fourth-order valence-electron chi connectivity index (χ4n) is 8.48. The standard InChI is InChI=1S/C24H36O4/c1-14-17-6-5-16-18(22(17,3)9-8-20(14)25)7-10-23(4)19(16)13-21-24(23,26)15(2)27-11-12-28-21/h15-16,18-19,21,26H,5-13H2,1-4H3/t15?,16-,18+,19+,21?,22+,23+,24-/m1/s1. The van der Waals surface area contributed by atoms with Crippen LogP contribution >= 0.6 is 0 Å². The van der Waals surface area contributed by atoms with Crippen LogP contribution < -0.4 is 0 Å². The summed E-state index contributed by atoms with van der Waals surface area (Å²) in [6.45, 7) is 10.0. The highest BCUT2D eigenvalue weighted by Gasteiger charge is 2.70. The number of ketones is 1. The number of carbonyl (C=O) groups excluding carboxylic acids is 1. The van der Waals surface area contributed by atoms with Crippen molar-refractivity contribution in [3.8, 4) is 0 Å². The molecule has 4 nitrogen and oxygen atoms in total. The summed E-state index contributed by atoms with van der Waals surface area (Å²) in [5.41, 5.74) is 1.63. The van der Waals surface area contributed by atoms with Gasteiger partial charge in [0, 0.05) is 11.8 Å². The highest BCUT2D eigenvalue weighted by atomic mass is 16.6. The first-order valence-corrected chi connectivity index (χ1v) is 11.4. The van der Waals surface area contributed by atoms with Crippen LogP contribution in [0.15, 0.2) is 11.1 Å². The van der Waals surface area contributed by atoms with Crippen molar-refractivity contribution < 1.29 is 19.4 Å². The molecule has 3 saturated carbocycles. The van der Waals surface area contributed by atoms with Crippen LogP contribution in [0.25, 0.3) is 0 Å². The number of hydrogen-bond acceptors (Lipinski definition) is 4. The average Bonchev–Trinajstić information content (AvgIpc) is 2.80. The molecule has 0 aromatic rings. The number of aliphatic hydroxyl groups is 1. The Balaban J connectivity index is 1.53. The van der Waals surface area contributed by atoms with Crippen molar-refractivity contribution in [2.24, 2.45) is 28.6 Å². The van der Waals surface area contributed by atoms with Gasteiger partial charge in [0.15, 0.2) is 5.78 Å². The summed E-state index contributed by atoms with van der Waals surface area (Å²) in [6.07, 6.45) is 6.74. The van der Waals surface area contributed by atoms with Gasteiger partial charge in [0.25, 0.3) is 0 Å². The van der Waals surface area contributed by atoms with E-state index >= 15 is 0 Å². The molecule has 5 rings (SSSR count). The first kappa shape index (κ1) is 19.3. The predicted molar refractivity (Wildman–Crippen MR) is 107 cm³/mol. The van der Waals surface area contributed by atoms with Crippen LogP contribution in [0.3, 0.4) is 0 Å². The van der Waals surface area contributed by atoms with E-state index in [2.05, 4.69) is 20.8 Å². The zero-order valence-electron chi connectivity index (χ0n) is 17.9. The molecule has 1 aliphatic heterocycles. The van der Waals surface area contributed by atoms with Crippen LogP contribution in [-0.4, -0.2) is 41.9 Å². The Kier molecular flexibility index (Phi) is 4.23. The number of ether oxygens (including phenoxy) is 2. The van der Waals surface area contributed by atoms with E-state index in [0.29, 0.717) is 43.2 Å². The van der Waals surface area contributed by atoms with Crippen molar-refractivity contribution in [2.75, 3.05) is 13.2 Å². The fourth-order valence-corrected chi connectivity index (χ4v) is 8.48. The molecule has 28 heavy (non-hydrogen) atoms. The van der Waals surface area contributed by atoms with E-state index in [9.17, 15) is 9.90 Å². The van der Waals surface area contributed by atoms with E-state index in [1.807, 2.05) is 6.92 Å². The summed E-state index contributed by atoms with van der Waals surface area (Å²) in [5.74, 6) is 2.07. The van der Waals surface area contributed by atoms with Gasteiger partial charge in [-0.3, -0.25) is 4.79 Å². The maximum Gasteiger partial charge on any atom is 0.158 e. The first-order chi connectivity index (χ1) is 13.2. The summed E-state index contributed by atoms with van der Waals surface area (Å²) in [6, 6.07) is 0. The second kappa shape index (κ2) is 6.15. The Bertz CT molecular complexity index is 728. The van der Waals surface area contributed by atoms with Gasteiger partial charge in [-0.15, -0.1) is 0 Å². The van der Waals surface area contributed by atoms with E-state index in [1.165, 1.54) is 5.57 Å². The van der Waals surface area contributed by atoms with Gasteiger partial charge in [0.1, 0.15) is 5.60 Å². The topological polar surface area (TPSA) is 55.8 Å². The van der Waals surface area contributed by atoms with Gasteiger partial charge >= 0.3 is 0 Å². The molecule has 156 valence electrons. The largest absolute Gasteiger partial charge is 0.384 e. The van der Waals surface area contributed by atoms with Crippen molar-refractivity contribution in [3.63, 3.8) is 0 Å². The van der Waals surface area contributed by atoms with E-state index in [1.54, 1.807) is 0 Å². The Morgan fingerprint density at radius 2 is 1.79 bits per heavy atom. The fraction of sp³-hybridized carbons (Fsp3) is 0.875. The second-order valence-electron chi connectivity index (χ2n) is 10.7. The normalized spacial score (nSPS) is 53.8. The zero-order chi connectivity index (χ0) is 19.9. The van der Waals surface area contributed by atoms with Crippen molar-refractivity contribution in [3.05, 3.63) is 11.1 Å². The van der Waals surface area contributed by atoms with Gasteiger partial charge in [0.2, 0.25) is 0 Å². The van der Waals surface area contributed by atoms with Crippen molar-refractivity contribution >= 4 is 5.78 Å². The van der Waals surface area contributed by atoms with Crippen molar-refractivity contribution in [1.29, 1.82) is 0 Å². The number of Topliss-reactive ketones (excluding diaryl/α,β-unsaturated/α-hetero) is 1. The molecular formula is C24H36O4. The smallest absolute Gasteiger partial charge is 0.158 e. The molecular weight excluding hydrogens is 352 g/mol. The average molecular weight is 389 g/mol. The lowest BCUT2D eigenvalue weighted by atomic mass is 9.45. The molecule has 0 radical (unpaired) electrons. The summed E-state index contributed by atoms with van der Waals surface area (Å²) in [5, 5.41) is 12.0. The SMILES string of the molecule is CC1=C2CC[C@@H]3[C@H](CC[C@@]4(C)[C@H]3CC3OCCOC(C)[C@@]34O)[C@@]2(C)CCC1=O. The zero-order valence-corrected chi connectivity index (χ0v) is 17.9. The highest BCUT2D eigenvalue weighted by molar-refractivity contribution is 5.96. The number of hydrogen-bond donors (Lipinski definition) is 1. The summed E-state index contributed by atoms with van der Waals surface area (Å²) >= 11 is 0. The van der Waals surface area contributed by atoms with Gasteiger partial charge < -0.3 is 14.6 Å². The van der Waals surface area contributed by atoms with Gasteiger partial charge in [-0.1, -0.05) is 19.4 Å². The summed E-state index contributed by atoms with van der Waals surface area (Å²) in [4.78, 5) is 12.3. The quantitative estimate of drug-likeness (QED) is 0.680. The molecule has 0 spiro atoms. The van der Waals surface area contributed by atoms with Crippen LogP contribution in [0.5, 0.6) is 0 Å². The van der Waals surface area contributed by atoms with Crippen molar-refractivity contribution in [2.45, 2.75) is 90.4 Å². The Morgan fingerprint density at radius 1 is 1.04 bits per heavy atom. The van der Waals surface area contributed by atoms with E-state index < -0.39 is 5.60 Å². The highest BCUT2D eigenvalue weighted by Crippen LogP contribution is 2.69. The molecule has 0 aromatic carbocycles. The van der Waals surface area contributed by atoms with Crippen LogP contribution in [0.1, 0.15) is 72.6 Å². The van der Waals surface area contributed by atoms with Crippen LogP contribution in [0, 0.1) is 28.6 Å². The van der Waals surface area contributed by atoms with Crippen LogP contribution in [0.2, 0.25) is 0 Å². The molecule has 4 aliphatic carbocycles. The predicted octanol–water partition coefficient (Wildman–Crippen LogP) is 4.05. The molecule has 1 saturated heterocycles. The van der Waals surface area contributed by atoms with E-state index in [4.69, 9.17) is 9.47 Å². The number of rotatable bonds is 0. The molecule has 4 heteroatoms. The van der Waals surface area contributed by atoms with Crippen LogP contribution in [0.4, 0.5) is 0 Å². The Labute approximate surface area is 169 Å². The Hall–Kier alpha value is -0.710. The number of allylic oxidation sites excluding steroid dienone is 1. The second-order valence-corrected chi connectivity index (χ2v) is 10.7. The molecule has 0 amide bonds. The lowest BCUT2D eigenvalue weighted by Gasteiger charge is -2.59. The lowest BCUT2D eigenvalue weighted by Crippen LogP contribution is -2.61. The molecule has 4 fully saturated rings. The molecule has 0 aromatic heterocycles. The molecule has 8 atom stereocenters. The number of fused-ring (bicyclic) bond motifs is 7. The van der Waals surface area contributed by atoms with E-state index in [0.717, 1.165) is 44.1 Å². The maximum absolute atomic E-state index is 12.3. The van der Waals surface area contributed by atoms with Gasteiger partial charge in [-0.05, 0) is 81.1 Å². The monoisotopic (exact) mass is 388 g/mol. The van der Waals surface area contributed by atoms with Crippen molar-refractivity contribution in [1.82, 2.24) is 0 Å². The molecule has 5 aliphatic rings. The molecule has 1 heterocycles. The third kappa shape index (κ3) is 2.20. The molecule has 0 bridgehead atoms. The summed E-state index contributed by atoms with van der Waals surface area (Å²) < 4.78 is 12.2. The van der Waals surface area contributed by atoms with Gasteiger partial charge in [0.05, 0.1) is 25.4 Å². The van der Waals surface area contributed by atoms with Crippen LogP contribution in [-0.2, 0) is 14.3 Å². The lowest BCUT2D eigenvalue weighted by molar-refractivity contribution is -0.200. The minimum absolute atomic E-state index is 0.113. The first-order valence-electron chi connectivity index (χ1n) is 11.4. The Morgan fingerprint density at radius 3 is 2.57 bits per heavy atom. The maximum atomic E-state index is 12.3. The molecule has 1 N–H and O–H groups in total. The third-order valence-corrected chi connectivity index (χ3v) is 10.1. The third-order valence-electron chi connectivity index (χ3n) is 10.1. The van der Waals surface area contributed by atoms with E-state index in [-0.39, 0.29) is 23.0 Å². The number of carbonyl (C=O) groups is 1. The van der Waals surface area contributed by atoms with Gasteiger partial charge in [-0.25, -0.2) is 0 Å². The molecule has 2 unspecified atom stereocenters.